The van der Waals surface area contributed by atoms with Crippen LogP contribution in [0.3, 0.4) is 0 Å². The molecule has 0 spiro atoms. The summed E-state index contributed by atoms with van der Waals surface area (Å²) in [5.74, 6) is -3.83. The van der Waals surface area contributed by atoms with Gasteiger partial charge in [0.05, 0.1) is 23.4 Å². The minimum absolute atomic E-state index is 0. The van der Waals surface area contributed by atoms with E-state index in [0.29, 0.717) is 0 Å². The van der Waals surface area contributed by atoms with E-state index in [1.54, 1.807) is 0 Å². The molecule has 1 heterocycles. The molecule has 0 aliphatic carbocycles. The fourth-order valence-corrected chi connectivity index (χ4v) is 1.73. The molecule has 0 aliphatic heterocycles. The number of nitrogens with zero attached hydrogens (tertiary/aromatic N) is 2. The van der Waals surface area contributed by atoms with Gasteiger partial charge in [-0.05, 0) is 18.2 Å². The molecule has 2 rings (SSSR count). The number of hydrogen-bond donors (Lipinski definition) is 3. The summed E-state index contributed by atoms with van der Waals surface area (Å²) in [6.07, 6.45) is 1.10. The number of nitrogen functional groups attached to an aromatic ring is 1. The van der Waals surface area contributed by atoms with Crippen LogP contribution in [-0.2, 0) is 0 Å². The smallest absolute Gasteiger partial charge is 0.545 e. The van der Waals surface area contributed by atoms with Crippen LogP contribution in [0, 0.1) is 0 Å². The zero-order valence-corrected chi connectivity index (χ0v) is 14.6. The second-order valence-electron chi connectivity index (χ2n) is 4.08. The monoisotopic (exact) mass is 328 g/mol. The van der Waals surface area contributed by atoms with Crippen molar-refractivity contribution in [1.82, 2.24) is 9.78 Å². The second-order valence-corrected chi connectivity index (χ2v) is 4.08. The van der Waals surface area contributed by atoms with Gasteiger partial charge >= 0.3 is 57.4 Å². The van der Waals surface area contributed by atoms with Crippen molar-refractivity contribution in [3.8, 4) is 5.69 Å². The Labute approximate surface area is 166 Å². The van der Waals surface area contributed by atoms with E-state index in [0.717, 1.165) is 29.1 Å². The first kappa shape index (κ1) is 18.3. The van der Waals surface area contributed by atoms with Crippen molar-refractivity contribution >= 4 is 23.7 Å². The number of rotatable bonds is 4. The number of carbonyl (C=O) groups is 3. The van der Waals surface area contributed by atoms with Gasteiger partial charge in [-0.2, -0.15) is 5.10 Å². The van der Waals surface area contributed by atoms with E-state index in [-0.39, 0.29) is 79.6 Å². The fourth-order valence-electron chi connectivity index (χ4n) is 1.73. The Hall–Kier alpha value is -1.72. The summed E-state index contributed by atoms with van der Waals surface area (Å²) in [5, 5.41) is 23.7. The van der Waals surface area contributed by atoms with Crippen molar-refractivity contribution in [3.63, 3.8) is 0 Å². The van der Waals surface area contributed by atoms with Crippen molar-refractivity contribution in [1.29, 1.82) is 0 Å². The van der Waals surface area contributed by atoms with Gasteiger partial charge in [-0.3, -0.25) is 4.79 Å². The van der Waals surface area contributed by atoms with E-state index in [4.69, 9.17) is 16.6 Å². The van der Waals surface area contributed by atoms with Crippen LogP contribution >= 0.6 is 0 Å². The molecular weight excluding hydrogens is 319 g/mol. The van der Waals surface area contributed by atoms with Crippen LogP contribution in [0.15, 0.2) is 24.4 Å². The minimum atomic E-state index is -1.56. The maximum atomic E-state index is 11.1. The van der Waals surface area contributed by atoms with Crippen LogP contribution in [0.4, 0.5) is 5.82 Å². The third-order valence-electron chi connectivity index (χ3n) is 2.72. The van der Waals surface area contributed by atoms with E-state index in [2.05, 4.69) is 5.10 Å². The van der Waals surface area contributed by atoms with E-state index in [1.807, 2.05) is 0 Å². The largest absolute Gasteiger partial charge is 1.00 e. The number of amides is 1. The zero-order valence-electron chi connectivity index (χ0n) is 11.4. The van der Waals surface area contributed by atoms with Crippen LogP contribution in [0.5, 0.6) is 0 Å². The molecule has 10 heteroatoms. The van der Waals surface area contributed by atoms with Gasteiger partial charge < -0.3 is 26.5 Å². The number of carboxylic acid groups (broad SMARTS) is 2. The quantitative estimate of drug-likeness (QED) is 0.477. The molecule has 22 heavy (non-hydrogen) atoms. The van der Waals surface area contributed by atoms with Crippen molar-refractivity contribution in [2.75, 3.05) is 5.73 Å². The topological polar surface area (TPSA) is 164 Å². The number of nitrogens with two attached hydrogens (primary N) is 2. The molecule has 2 aromatic rings. The summed E-state index contributed by atoms with van der Waals surface area (Å²) in [4.78, 5) is 33.0. The molecule has 0 radical (unpaired) electrons. The SMILES string of the molecule is NC(=O)c1cnn(-c2cc(C(=O)[O-])cc(C(=O)O)c2)c1N.[K+]. The molecule has 5 N–H and O–H groups in total. The fraction of sp³-hybridized carbons (Fsp3) is 0. The number of primary amides is 1. The minimum Gasteiger partial charge on any atom is -0.545 e. The van der Waals surface area contributed by atoms with E-state index in [1.165, 1.54) is 0 Å². The Morgan fingerprint density at radius 3 is 2.23 bits per heavy atom. The van der Waals surface area contributed by atoms with Gasteiger partial charge in [0.1, 0.15) is 11.4 Å². The van der Waals surface area contributed by atoms with Gasteiger partial charge in [0.2, 0.25) is 0 Å². The predicted molar refractivity (Wildman–Crippen MR) is 67.8 cm³/mol. The predicted octanol–water partition coefficient (Wildman–Crippen LogP) is -4.38. The molecule has 0 bridgehead atoms. The van der Waals surface area contributed by atoms with Gasteiger partial charge in [0.15, 0.2) is 0 Å². The number of carbonyl (C=O) groups excluding carboxylic acids is 2. The molecule has 108 valence electrons. The summed E-state index contributed by atoms with van der Waals surface area (Å²) in [5.41, 5.74) is 10.1. The number of aromatic nitrogens is 2. The van der Waals surface area contributed by atoms with E-state index in [9.17, 15) is 19.5 Å². The van der Waals surface area contributed by atoms with Gasteiger partial charge in [-0.25, -0.2) is 9.48 Å². The molecule has 1 aromatic carbocycles. The Kier molecular flexibility index (Phi) is 5.85. The van der Waals surface area contributed by atoms with Crippen LogP contribution < -0.4 is 68.0 Å². The number of benzene rings is 1. The third-order valence-corrected chi connectivity index (χ3v) is 2.72. The van der Waals surface area contributed by atoms with Crippen LogP contribution in [0.25, 0.3) is 5.69 Å². The van der Waals surface area contributed by atoms with Crippen LogP contribution in [-0.4, -0.2) is 32.7 Å². The normalized spacial score (nSPS) is 9.82. The number of carboxylic acids is 2. The zero-order chi connectivity index (χ0) is 15.7. The van der Waals surface area contributed by atoms with Gasteiger partial charge in [0, 0.05) is 5.56 Å². The third kappa shape index (κ3) is 3.54. The molecule has 0 saturated carbocycles. The molecule has 1 aromatic heterocycles. The molecule has 0 saturated heterocycles. The van der Waals surface area contributed by atoms with Crippen LogP contribution in [0.1, 0.15) is 31.1 Å². The Balaban J connectivity index is 0.00000242. The Bertz CT molecular complexity index is 739. The number of anilines is 1. The molecule has 1 amide bonds. The summed E-state index contributed by atoms with van der Waals surface area (Å²) >= 11 is 0. The maximum absolute atomic E-state index is 11.1. The summed E-state index contributed by atoms with van der Waals surface area (Å²) in [6, 6.07) is 3.22. The standard InChI is InChI=1S/C12H10N4O5.K/c13-9-8(10(14)17)4-15-16(9)7-2-5(11(18)19)1-6(3-7)12(20)21;/h1-4H,13H2,(H2,14,17)(H,18,19)(H,20,21);/q;+1/p-1. The molecule has 9 nitrogen and oxygen atoms in total. The van der Waals surface area contributed by atoms with E-state index < -0.39 is 17.8 Å². The van der Waals surface area contributed by atoms with Crippen molar-refractivity contribution < 1.29 is 76.0 Å². The molecular formula is C12H9KN4O5. The average molecular weight is 328 g/mol. The first-order valence-corrected chi connectivity index (χ1v) is 5.54. The van der Waals surface area contributed by atoms with E-state index >= 15 is 0 Å². The Morgan fingerprint density at radius 1 is 1.18 bits per heavy atom. The van der Waals surface area contributed by atoms with Crippen molar-refractivity contribution in [2.24, 2.45) is 5.73 Å². The van der Waals surface area contributed by atoms with Crippen molar-refractivity contribution in [3.05, 3.63) is 41.1 Å². The maximum Gasteiger partial charge on any atom is 1.00 e. The second kappa shape index (κ2) is 7.02. The van der Waals surface area contributed by atoms with Crippen molar-refractivity contribution in [2.45, 2.75) is 0 Å². The van der Waals surface area contributed by atoms with Gasteiger partial charge in [-0.15, -0.1) is 0 Å². The molecule has 0 atom stereocenters. The van der Waals surface area contributed by atoms with Gasteiger partial charge in [-0.1, -0.05) is 0 Å². The number of aromatic carboxylic acids is 2. The molecule has 0 fully saturated rings. The first-order valence-electron chi connectivity index (χ1n) is 5.54. The van der Waals surface area contributed by atoms with Crippen LogP contribution in [0.2, 0.25) is 0 Å². The number of hydrogen-bond acceptors (Lipinski definition) is 6. The average Bonchev–Trinajstić information content (AvgIpc) is 2.80. The first-order chi connectivity index (χ1) is 9.81. The Morgan fingerprint density at radius 2 is 1.77 bits per heavy atom. The summed E-state index contributed by atoms with van der Waals surface area (Å²) in [7, 11) is 0. The molecule has 0 unspecified atom stereocenters. The molecule has 0 aliphatic rings. The summed E-state index contributed by atoms with van der Waals surface area (Å²) < 4.78 is 1.01. The summed E-state index contributed by atoms with van der Waals surface area (Å²) in [6.45, 7) is 0. The van der Waals surface area contributed by atoms with Gasteiger partial charge in [0.25, 0.3) is 5.91 Å².